The highest BCUT2D eigenvalue weighted by molar-refractivity contribution is 6.33. The minimum atomic E-state index is -4.57. The molecule has 0 fully saturated rings. The van der Waals surface area contributed by atoms with Crippen LogP contribution < -0.4 is 5.32 Å². The molecule has 8 heteroatoms. The first-order valence-corrected chi connectivity index (χ1v) is 7.45. The first-order chi connectivity index (χ1) is 11.7. The molecule has 0 radical (unpaired) electrons. The number of amides is 1. The van der Waals surface area contributed by atoms with Crippen molar-refractivity contribution >= 4 is 29.2 Å². The van der Waals surface area contributed by atoms with Crippen LogP contribution >= 0.6 is 11.6 Å². The summed E-state index contributed by atoms with van der Waals surface area (Å²) >= 11 is 5.77. The fourth-order valence-corrected chi connectivity index (χ4v) is 2.05. The molecule has 2 aromatic rings. The van der Waals surface area contributed by atoms with Crippen molar-refractivity contribution in [3.05, 3.63) is 64.2 Å². The molecule has 1 N–H and O–H groups in total. The van der Waals surface area contributed by atoms with Crippen LogP contribution in [0.1, 0.15) is 21.5 Å². The number of alkyl halides is 3. The van der Waals surface area contributed by atoms with Gasteiger partial charge in [0.15, 0.2) is 6.61 Å². The fraction of sp³-hybridized carbons (Fsp3) is 0.176. The maximum Gasteiger partial charge on any atom is 0.416 e. The van der Waals surface area contributed by atoms with E-state index >= 15 is 0 Å². The Morgan fingerprint density at radius 1 is 1.12 bits per heavy atom. The van der Waals surface area contributed by atoms with Gasteiger partial charge in [-0.15, -0.1) is 0 Å². The summed E-state index contributed by atoms with van der Waals surface area (Å²) in [6.45, 7) is 1.20. The first-order valence-electron chi connectivity index (χ1n) is 7.07. The summed E-state index contributed by atoms with van der Waals surface area (Å²) in [6, 6.07) is 9.03. The summed E-state index contributed by atoms with van der Waals surface area (Å²) in [5, 5.41) is 2.13. The van der Waals surface area contributed by atoms with E-state index < -0.39 is 30.2 Å². The first kappa shape index (κ1) is 18.8. The van der Waals surface area contributed by atoms with Crippen molar-refractivity contribution in [3.8, 4) is 0 Å². The number of halogens is 4. The molecular weight excluding hydrogens is 359 g/mol. The topological polar surface area (TPSA) is 55.4 Å². The number of benzene rings is 2. The molecule has 0 aliphatic heterocycles. The van der Waals surface area contributed by atoms with Crippen LogP contribution in [0.15, 0.2) is 42.5 Å². The molecule has 0 heterocycles. The lowest BCUT2D eigenvalue weighted by atomic mass is 10.1. The SMILES string of the molecule is Cc1ccc(C(=O)OCC(=O)Nc2cc(C(F)(F)F)ccc2Cl)cc1. The molecule has 0 saturated carbocycles. The van der Waals surface area contributed by atoms with Gasteiger partial charge in [-0.3, -0.25) is 4.79 Å². The van der Waals surface area contributed by atoms with Crippen molar-refractivity contribution in [2.45, 2.75) is 13.1 Å². The molecule has 25 heavy (non-hydrogen) atoms. The Labute approximate surface area is 146 Å². The van der Waals surface area contributed by atoms with Crippen LogP contribution in [-0.4, -0.2) is 18.5 Å². The van der Waals surface area contributed by atoms with E-state index in [1.165, 1.54) is 0 Å². The molecule has 2 aromatic carbocycles. The minimum absolute atomic E-state index is 0.0637. The molecule has 0 spiro atoms. The van der Waals surface area contributed by atoms with E-state index in [1.807, 2.05) is 6.92 Å². The lowest BCUT2D eigenvalue weighted by Gasteiger charge is -2.12. The Morgan fingerprint density at radius 2 is 1.76 bits per heavy atom. The maximum atomic E-state index is 12.7. The smallest absolute Gasteiger partial charge is 0.416 e. The highest BCUT2D eigenvalue weighted by atomic mass is 35.5. The summed E-state index contributed by atoms with van der Waals surface area (Å²) < 4.78 is 42.9. The van der Waals surface area contributed by atoms with Crippen LogP contribution in [0.3, 0.4) is 0 Å². The van der Waals surface area contributed by atoms with Gasteiger partial charge in [-0.1, -0.05) is 29.3 Å². The Morgan fingerprint density at radius 3 is 2.36 bits per heavy atom. The van der Waals surface area contributed by atoms with Crippen LogP contribution in [0.25, 0.3) is 0 Å². The van der Waals surface area contributed by atoms with E-state index in [0.717, 1.165) is 17.7 Å². The predicted octanol–water partition coefficient (Wildman–Crippen LogP) is 4.46. The molecule has 0 aliphatic carbocycles. The number of nitrogens with one attached hydrogen (secondary N) is 1. The van der Waals surface area contributed by atoms with Gasteiger partial charge in [-0.05, 0) is 37.3 Å². The third kappa shape index (κ3) is 5.22. The van der Waals surface area contributed by atoms with Gasteiger partial charge >= 0.3 is 12.1 Å². The average Bonchev–Trinajstić information content (AvgIpc) is 2.54. The highest BCUT2D eigenvalue weighted by Gasteiger charge is 2.31. The molecule has 4 nitrogen and oxygen atoms in total. The van der Waals surface area contributed by atoms with Crippen molar-refractivity contribution in [2.24, 2.45) is 0 Å². The third-order valence-corrected chi connectivity index (χ3v) is 3.52. The standard InChI is InChI=1S/C17H13ClF3NO3/c1-10-2-4-11(5-3-10)16(24)25-9-15(23)22-14-8-12(17(19,20)21)6-7-13(14)18/h2-8H,9H2,1H3,(H,22,23). The number of hydrogen-bond acceptors (Lipinski definition) is 3. The van der Waals surface area contributed by atoms with Gasteiger partial charge in [0.05, 0.1) is 21.8 Å². The normalized spacial score (nSPS) is 11.1. The van der Waals surface area contributed by atoms with E-state index in [4.69, 9.17) is 16.3 Å². The Balaban J connectivity index is 1.98. The van der Waals surface area contributed by atoms with Crippen molar-refractivity contribution < 1.29 is 27.5 Å². The summed E-state index contributed by atoms with van der Waals surface area (Å²) in [5.74, 6) is -1.52. The van der Waals surface area contributed by atoms with E-state index in [1.54, 1.807) is 24.3 Å². The monoisotopic (exact) mass is 371 g/mol. The second-order valence-electron chi connectivity index (χ2n) is 5.18. The van der Waals surface area contributed by atoms with E-state index in [-0.39, 0.29) is 16.3 Å². The van der Waals surface area contributed by atoms with Crippen molar-refractivity contribution in [1.82, 2.24) is 0 Å². The molecular formula is C17H13ClF3NO3. The maximum absolute atomic E-state index is 12.7. The van der Waals surface area contributed by atoms with E-state index in [9.17, 15) is 22.8 Å². The lowest BCUT2D eigenvalue weighted by Crippen LogP contribution is -2.21. The Kier molecular flexibility index (Phi) is 5.69. The van der Waals surface area contributed by atoms with Gasteiger partial charge in [-0.25, -0.2) is 4.79 Å². The molecule has 132 valence electrons. The number of carbonyl (C=O) groups excluding carboxylic acids is 2. The number of rotatable bonds is 4. The van der Waals surface area contributed by atoms with Gasteiger partial charge in [0.1, 0.15) is 0 Å². The molecule has 1 amide bonds. The van der Waals surface area contributed by atoms with Crippen LogP contribution in [0.2, 0.25) is 5.02 Å². The Bertz CT molecular complexity index is 789. The van der Waals surface area contributed by atoms with Crippen LogP contribution in [-0.2, 0) is 15.7 Å². The zero-order chi connectivity index (χ0) is 18.6. The zero-order valence-electron chi connectivity index (χ0n) is 13.0. The van der Waals surface area contributed by atoms with E-state index in [2.05, 4.69) is 5.32 Å². The number of hydrogen-bond donors (Lipinski definition) is 1. The van der Waals surface area contributed by atoms with Gasteiger partial charge < -0.3 is 10.1 Å². The molecule has 0 bridgehead atoms. The lowest BCUT2D eigenvalue weighted by molar-refractivity contribution is -0.137. The third-order valence-electron chi connectivity index (χ3n) is 3.19. The number of esters is 1. The second kappa shape index (κ2) is 7.57. The Hall–Kier alpha value is -2.54. The molecule has 0 unspecified atom stereocenters. The van der Waals surface area contributed by atoms with Gasteiger partial charge in [0.2, 0.25) is 0 Å². The quantitative estimate of drug-likeness (QED) is 0.807. The van der Waals surface area contributed by atoms with Crippen molar-refractivity contribution in [3.63, 3.8) is 0 Å². The van der Waals surface area contributed by atoms with E-state index in [0.29, 0.717) is 6.07 Å². The number of aryl methyl sites for hydroxylation is 1. The largest absolute Gasteiger partial charge is 0.452 e. The van der Waals surface area contributed by atoms with Crippen molar-refractivity contribution in [1.29, 1.82) is 0 Å². The number of carbonyl (C=O) groups is 2. The summed E-state index contributed by atoms with van der Waals surface area (Å²) in [7, 11) is 0. The number of anilines is 1. The van der Waals surface area contributed by atoms with Crippen LogP contribution in [0.4, 0.5) is 18.9 Å². The summed E-state index contributed by atoms with van der Waals surface area (Å²) in [5.41, 5.74) is 0.0423. The fourth-order valence-electron chi connectivity index (χ4n) is 1.89. The van der Waals surface area contributed by atoms with Gasteiger partial charge in [0, 0.05) is 0 Å². The molecule has 0 saturated heterocycles. The van der Waals surface area contributed by atoms with Crippen LogP contribution in [0, 0.1) is 6.92 Å². The minimum Gasteiger partial charge on any atom is -0.452 e. The average molecular weight is 372 g/mol. The summed E-state index contributed by atoms with van der Waals surface area (Å²) in [6.07, 6.45) is -4.57. The predicted molar refractivity (Wildman–Crippen MR) is 86.5 cm³/mol. The molecule has 0 aromatic heterocycles. The second-order valence-corrected chi connectivity index (χ2v) is 5.59. The highest BCUT2D eigenvalue weighted by Crippen LogP contribution is 2.33. The number of ether oxygens (including phenoxy) is 1. The molecule has 2 rings (SSSR count). The molecule has 0 aliphatic rings. The van der Waals surface area contributed by atoms with Crippen molar-refractivity contribution in [2.75, 3.05) is 11.9 Å². The molecule has 0 atom stereocenters. The summed E-state index contributed by atoms with van der Waals surface area (Å²) in [4.78, 5) is 23.6. The zero-order valence-corrected chi connectivity index (χ0v) is 13.7. The van der Waals surface area contributed by atoms with Gasteiger partial charge in [0.25, 0.3) is 5.91 Å². The van der Waals surface area contributed by atoms with Crippen LogP contribution in [0.5, 0.6) is 0 Å². The van der Waals surface area contributed by atoms with Gasteiger partial charge in [-0.2, -0.15) is 13.2 Å².